The summed E-state index contributed by atoms with van der Waals surface area (Å²) in [5, 5.41) is 6.86. The van der Waals surface area contributed by atoms with Gasteiger partial charge in [0.15, 0.2) is 0 Å². The molecule has 0 aromatic rings. The van der Waals surface area contributed by atoms with Crippen LogP contribution in [0.4, 0.5) is 0 Å². The van der Waals surface area contributed by atoms with Crippen LogP contribution in [0.25, 0.3) is 0 Å². The largest absolute Gasteiger partial charge is 0.306 e. The molecule has 0 radical (unpaired) electrons. The van der Waals surface area contributed by atoms with Gasteiger partial charge in [0.25, 0.3) is 0 Å². The number of nitrogens with zero attached hydrogens (tertiary/aromatic N) is 3. The summed E-state index contributed by atoms with van der Waals surface area (Å²) in [6.45, 7) is 5.15. The number of hydrogen-bond donors (Lipinski definition) is 1. The van der Waals surface area contributed by atoms with Crippen molar-refractivity contribution < 1.29 is 0 Å². The third kappa shape index (κ3) is 7.25. The molecule has 4 heteroatoms. The maximum absolute atomic E-state index is 4.85. The zero-order valence-electron chi connectivity index (χ0n) is 7.45. The Morgan fingerprint density at radius 2 is 2.09 bits per heavy atom. The van der Waals surface area contributed by atoms with E-state index in [0.29, 0.717) is 0 Å². The van der Waals surface area contributed by atoms with Crippen LogP contribution in [0, 0.1) is 0 Å². The molecule has 0 aliphatic rings. The molecule has 0 aromatic heterocycles. The van der Waals surface area contributed by atoms with Gasteiger partial charge in [0, 0.05) is 0 Å². The van der Waals surface area contributed by atoms with Crippen molar-refractivity contribution in [3.05, 3.63) is 0 Å². The molecule has 0 bridgehead atoms. The van der Waals surface area contributed by atoms with E-state index >= 15 is 0 Å². The Morgan fingerprint density at radius 1 is 1.36 bits per heavy atom. The van der Waals surface area contributed by atoms with Gasteiger partial charge in [-0.05, 0) is 33.0 Å². The zero-order chi connectivity index (χ0) is 8.53. The van der Waals surface area contributed by atoms with Crippen molar-refractivity contribution in [3.63, 3.8) is 0 Å². The molecule has 0 aliphatic heterocycles. The molecule has 0 amide bonds. The molecule has 0 aromatic carbocycles. The first-order valence-electron chi connectivity index (χ1n) is 4.06. The minimum Gasteiger partial charge on any atom is -0.306 e. The monoisotopic (exact) mass is 158 g/mol. The van der Waals surface area contributed by atoms with Crippen molar-refractivity contribution in [1.82, 2.24) is 4.90 Å². The van der Waals surface area contributed by atoms with Crippen LogP contribution in [-0.4, -0.2) is 31.6 Å². The van der Waals surface area contributed by atoms with Gasteiger partial charge in [-0.2, -0.15) is 5.11 Å². The minimum atomic E-state index is 0.741. The van der Waals surface area contributed by atoms with Crippen LogP contribution in [0.1, 0.15) is 19.8 Å². The van der Waals surface area contributed by atoms with Crippen LogP contribution in [0.5, 0.6) is 0 Å². The highest BCUT2D eigenvalue weighted by atomic mass is 15.3. The lowest BCUT2D eigenvalue weighted by Gasteiger charge is -2.13. The molecule has 0 atom stereocenters. The molecule has 0 rings (SSSR count). The predicted molar refractivity (Wildman–Crippen MR) is 46.3 cm³/mol. The summed E-state index contributed by atoms with van der Waals surface area (Å²) in [6, 6.07) is 0. The normalized spacial score (nSPS) is 11.5. The third-order valence-corrected chi connectivity index (χ3v) is 1.48. The fourth-order valence-electron chi connectivity index (χ4n) is 0.963. The molecular formula is C7H18N4. The molecule has 4 nitrogen and oxygen atoms in total. The van der Waals surface area contributed by atoms with Gasteiger partial charge in [0.05, 0.1) is 6.54 Å². The van der Waals surface area contributed by atoms with Crippen LogP contribution >= 0.6 is 0 Å². The molecule has 2 N–H and O–H groups in total. The first-order valence-corrected chi connectivity index (χ1v) is 4.06. The van der Waals surface area contributed by atoms with Crippen LogP contribution in [0.15, 0.2) is 10.3 Å². The Morgan fingerprint density at radius 3 is 2.64 bits per heavy atom. The molecule has 0 saturated heterocycles. The zero-order valence-corrected chi connectivity index (χ0v) is 7.45. The quantitative estimate of drug-likeness (QED) is 0.272. The molecule has 0 spiro atoms. The Bertz CT molecular complexity index is 103. The Labute approximate surface area is 68.4 Å². The van der Waals surface area contributed by atoms with Crippen molar-refractivity contribution in [1.29, 1.82) is 0 Å². The minimum absolute atomic E-state index is 0.741. The molecule has 0 heterocycles. The van der Waals surface area contributed by atoms with Crippen LogP contribution < -0.4 is 5.84 Å². The number of hydrogen-bond acceptors (Lipinski definition) is 3. The van der Waals surface area contributed by atoms with Crippen LogP contribution in [0.2, 0.25) is 0 Å². The van der Waals surface area contributed by atoms with Gasteiger partial charge in [-0.15, -0.1) is 0 Å². The molecule has 0 aliphatic carbocycles. The Kier molecular flexibility index (Phi) is 7.03. The second-order valence-electron chi connectivity index (χ2n) is 2.64. The molecular weight excluding hydrogens is 140 g/mol. The van der Waals surface area contributed by atoms with Crippen LogP contribution in [-0.2, 0) is 0 Å². The number of nitrogens with two attached hydrogens (primary N) is 1. The first-order chi connectivity index (χ1) is 5.31. The predicted octanol–water partition coefficient (Wildman–Crippen LogP) is 1.04. The Hall–Kier alpha value is -0.640. The average Bonchev–Trinajstić information content (AvgIpc) is 1.99. The first kappa shape index (κ1) is 10.4. The average molecular weight is 158 g/mol. The summed E-state index contributed by atoms with van der Waals surface area (Å²) in [7, 11) is 2.11. The van der Waals surface area contributed by atoms with Gasteiger partial charge in [0.2, 0.25) is 0 Å². The molecule has 0 unspecified atom stereocenters. The van der Waals surface area contributed by atoms with Crippen molar-refractivity contribution in [2.24, 2.45) is 16.2 Å². The van der Waals surface area contributed by atoms with Crippen LogP contribution in [0.3, 0.4) is 0 Å². The fourth-order valence-corrected chi connectivity index (χ4v) is 0.963. The highest BCUT2D eigenvalue weighted by Crippen LogP contribution is 1.89. The fraction of sp³-hybridized carbons (Fsp3) is 1.00. The molecule has 0 fully saturated rings. The SMILES string of the molecule is CCCN(C)CCCN=NN. The number of rotatable bonds is 6. The van der Waals surface area contributed by atoms with Crippen molar-refractivity contribution in [3.8, 4) is 0 Å². The maximum atomic E-state index is 4.85. The summed E-state index contributed by atoms with van der Waals surface area (Å²) >= 11 is 0. The van der Waals surface area contributed by atoms with Gasteiger partial charge in [-0.3, -0.25) is 0 Å². The molecule has 0 saturated carbocycles. The summed E-state index contributed by atoms with van der Waals surface area (Å²) in [5.41, 5.74) is 0. The standard InChI is InChI=1S/C7H18N4/c1-3-6-11(2)7-4-5-9-10-8/h3-7H2,1-2H3,(H2,8,9). The van der Waals surface area contributed by atoms with Gasteiger partial charge >= 0.3 is 0 Å². The van der Waals surface area contributed by atoms with Gasteiger partial charge < -0.3 is 10.7 Å². The smallest absolute Gasteiger partial charge is 0.0632 e. The summed E-state index contributed by atoms with van der Waals surface area (Å²) in [4.78, 5) is 2.28. The van der Waals surface area contributed by atoms with E-state index in [-0.39, 0.29) is 0 Å². The summed E-state index contributed by atoms with van der Waals surface area (Å²) in [6.07, 6.45) is 2.24. The molecule has 66 valence electrons. The van der Waals surface area contributed by atoms with E-state index in [4.69, 9.17) is 5.84 Å². The summed E-state index contributed by atoms with van der Waals surface area (Å²) < 4.78 is 0. The highest BCUT2D eigenvalue weighted by Gasteiger charge is 1.94. The van der Waals surface area contributed by atoms with Crippen molar-refractivity contribution in [2.75, 3.05) is 26.7 Å². The lowest BCUT2D eigenvalue weighted by molar-refractivity contribution is 0.331. The van der Waals surface area contributed by atoms with E-state index in [9.17, 15) is 0 Å². The van der Waals surface area contributed by atoms with E-state index in [0.717, 1.165) is 26.1 Å². The van der Waals surface area contributed by atoms with E-state index in [1.54, 1.807) is 0 Å². The Balaban J connectivity index is 3.10. The maximum Gasteiger partial charge on any atom is 0.0632 e. The van der Waals surface area contributed by atoms with Gasteiger partial charge in [0.1, 0.15) is 0 Å². The molecule has 11 heavy (non-hydrogen) atoms. The van der Waals surface area contributed by atoms with E-state index in [2.05, 4.69) is 29.2 Å². The van der Waals surface area contributed by atoms with E-state index in [1.807, 2.05) is 0 Å². The summed E-state index contributed by atoms with van der Waals surface area (Å²) in [5.74, 6) is 4.85. The van der Waals surface area contributed by atoms with Gasteiger partial charge in [-0.1, -0.05) is 12.1 Å². The van der Waals surface area contributed by atoms with Crippen molar-refractivity contribution >= 4 is 0 Å². The third-order valence-electron chi connectivity index (χ3n) is 1.48. The highest BCUT2D eigenvalue weighted by molar-refractivity contribution is 4.50. The second kappa shape index (κ2) is 7.47. The van der Waals surface area contributed by atoms with Gasteiger partial charge in [-0.25, -0.2) is 0 Å². The second-order valence-corrected chi connectivity index (χ2v) is 2.64. The van der Waals surface area contributed by atoms with E-state index < -0.39 is 0 Å². The lowest BCUT2D eigenvalue weighted by atomic mass is 10.3. The topological polar surface area (TPSA) is 54.0 Å². The van der Waals surface area contributed by atoms with E-state index in [1.165, 1.54) is 6.42 Å². The van der Waals surface area contributed by atoms with Crippen molar-refractivity contribution in [2.45, 2.75) is 19.8 Å². The lowest BCUT2D eigenvalue weighted by Crippen LogP contribution is -2.20.